The number of halogens is 2. The maximum Gasteiger partial charge on any atom is 0.332 e. The van der Waals surface area contributed by atoms with E-state index in [0.717, 1.165) is 15.6 Å². The quantitative estimate of drug-likeness (QED) is 0.467. The van der Waals surface area contributed by atoms with Gasteiger partial charge in [-0.15, -0.1) is 0 Å². The molecule has 9 heteroatoms. The lowest BCUT2D eigenvalue weighted by Gasteiger charge is -2.09. The van der Waals surface area contributed by atoms with Gasteiger partial charge in [-0.05, 0) is 35.4 Å². The molecule has 0 amide bonds. The lowest BCUT2D eigenvalue weighted by Crippen LogP contribution is -2.39. The number of hydrogen-bond donors (Lipinski definition) is 1. The molecule has 1 N–H and O–H groups in total. The lowest BCUT2D eigenvalue weighted by molar-refractivity contribution is 0.655. The third-order valence-electron chi connectivity index (χ3n) is 4.98. The summed E-state index contributed by atoms with van der Waals surface area (Å²) in [6.45, 7) is 0.697. The Morgan fingerprint density at radius 3 is 2.27 bits per heavy atom. The Morgan fingerprint density at radius 1 is 0.967 bits per heavy atom. The van der Waals surface area contributed by atoms with Gasteiger partial charge in [0, 0.05) is 30.1 Å². The van der Waals surface area contributed by atoms with Crippen molar-refractivity contribution in [2.75, 3.05) is 5.32 Å². The van der Waals surface area contributed by atoms with E-state index in [9.17, 15) is 9.59 Å². The van der Waals surface area contributed by atoms with Crippen molar-refractivity contribution in [3.8, 4) is 0 Å². The van der Waals surface area contributed by atoms with Crippen molar-refractivity contribution in [2.45, 2.75) is 13.1 Å². The molecular formula is C21H19BrClN5O2. The van der Waals surface area contributed by atoms with Crippen LogP contribution in [0.1, 0.15) is 11.1 Å². The second kappa shape index (κ2) is 8.12. The molecular weight excluding hydrogens is 470 g/mol. The Labute approximate surface area is 185 Å². The fourth-order valence-corrected chi connectivity index (χ4v) is 3.69. The Hall–Kier alpha value is -2.84. The molecule has 0 aliphatic heterocycles. The predicted octanol–water partition coefficient (Wildman–Crippen LogP) is 3.51. The zero-order chi connectivity index (χ0) is 21.4. The Bertz CT molecular complexity index is 1340. The average molecular weight is 489 g/mol. The summed E-state index contributed by atoms with van der Waals surface area (Å²) in [7, 11) is 3.38. The zero-order valence-electron chi connectivity index (χ0n) is 16.4. The van der Waals surface area contributed by atoms with Gasteiger partial charge in [0.2, 0.25) is 5.95 Å². The normalized spacial score (nSPS) is 11.2. The molecule has 0 aliphatic carbocycles. The average Bonchev–Trinajstić information content (AvgIpc) is 3.07. The van der Waals surface area contributed by atoms with Gasteiger partial charge in [-0.3, -0.25) is 13.9 Å². The molecule has 0 radical (unpaired) electrons. The van der Waals surface area contributed by atoms with Crippen molar-refractivity contribution < 1.29 is 0 Å². The summed E-state index contributed by atoms with van der Waals surface area (Å²) in [4.78, 5) is 30.5. The topological polar surface area (TPSA) is 73.8 Å². The van der Waals surface area contributed by atoms with Gasteiger partial charge in [0.25, 0.3) is 5.56 Å². The summed E-state index contributed by atoms with van der Waals surface area (Å²) in [6, 6.07) is 15.0. The van der Waals surface area contributed by atoms with Gasteiger partial charge in [-0.1, -0.05) is 51.8 Å². The van der Waals surface area contributed by atoms with Crippen molar-refractivity contribution in [2.24, 2.45) is 14.1 Å². The number of nitrogens with one attached hydrogen (secondary N) is 1. The molecule has 0 fully saturated rings. The van der Waals surface area contributed by atoms with E-state index in [1.807, 2.05) is 48.5 Å². The minimum Gasteiger partial charge on any atom is -0.352 e. The molecule has 2 heterocycles. The van der Waals surface area contributed by atoms with E-state index in [4.69, 9.17) is 11.6 Å². The van der Waals surface area contributed by atoms with E-state index in [2.05, 4.69) is 26.2 Å². The first-order chi connectivity index (χ1) is 14.3. The molecule has 0 unspecified atom stereocenters. The molecule has 0 bridgehead atoms. The van der Waals surface area contributed by atoms with Crippen LogP contribution in [0.4, 0.5) is 5.95 Å². The van der Waals surface area contributed by atoms with Gasteiger partial charge in [-0.2, -0.15) is 4.98 Å². The van der Waals surface area contributed by atoms with E-state index < -0.39 is 5.69 Å². The number of nitrogens with zero attached hydrogens (tertiary/aromatic N) is 4. The molecule has 0 saturated carbocycles. The smallest absolute Gasteiger partial charge is 0.332 e. The highest BCUT2D eigenvalue weighted by Gasteiger charge is 2.18. The Kier molecular flexibility index (Phi) is 5.53. The number of hydrogen-bond acceptors (Lipinski definition) is 4. The number of imidazole rings is 1. The third kappa shape index (κ3) is 3.80. The summed E-state index contributed by atoms with van der Waals surface area (Å²) >= 11 is 9.32. The van der Waals surface area contributed by atoms with Gasteiger partial charge >= 0.3 is 5.69 Å². The highest BCUT2D eigenvalue weighted by atomic mass is 79.9. The van der Waals surface area contributed by atoms with E-state index >= 15 is 0 Å². The van der Waals surface area contributed by atoms with Crippen LogP contribution in [0.3, 0.4) is 0 Å². The minimum absolute atomic E-state index is 0.188. The highest BCUT2D eigenvalue weighted by Crippen LogP contribution is 2.16. The van der Waals surface area contributed by atoms with Gasteiger partial charge in [-0.25, -0.2) is 4.79 Å². The molecule has 30 heavy (non-hydrogen) atoms. The first-order valence-electron chi connectivity index (χ1n) is 9.24. The molecule has 154 valence electrons. The molecule has 2 aromatic carbocycles. The molecule has 0 atom stereocenters. The van der Waals surface area contributed by atoms with Crippen LogP contribution in [-0.2, 0) is 27.2 Å². The fourth-order valence-electron chi connectivity index (χ4n) is 3.30. The number of benzene rings is 2. The van der Waals surface area contributed by atoms with Crippen LogP contribution >= 0.6 is 27.5 Å². The summed E-state index contributed by atoms with van der Waals surface area (Å²) in [5.41, 5.74) is 1.82. The molecule has 4 rings (SSSR count). The molecule has 4 aromatic rings. The van der Waals surface area contributed by atoms with E-state index in [1.54, 1.807) is 18.7 Å². The van der Waals surface area contributed by atoms with Gasteiger partial charge in [0.1, 0.15) is 0 Å². The van der Waals surface area contributed by atoms with Gasteiger partial charge in [0.05, 0.1) is 6.54 Å². The lowest BCUT2D eigenvalue weighted by atomic mass is 10.2. The van der Waals surface area contributed by atoms with Crippen molar-refractivity contribution >= 4 is 44.6 Å². The van der Waals surface area contributed by atoms with Gasteiger partial charge < -0.3 is 9.88 Å². The van der Waals surface area contributed by atoms with Crippen molar-refractivity contribution in [3.63, 3.8) is 0 Å². The van der Waals surface area contributed by atoms with Crippen molar-refractivity contribution in [1.29, 1.82) is 0 Å². The van der Waals surface area contributed by atoms with Crippen LogP contribution in [-0.4, -0.2) is 18.7 Å². The van der Waals surface area contributed by atoms with Gasteiger partial charge in [0.15, 0.2) is 11.2 Å². The summed E-state index contributed by atoms with van der Waals surface area (Å²) in [5, 5.41) is 3.90. The maximum atomic E-state index is 13.2. The van der Waals surface area contributed by atoms with Crippen LogP contribution in [0, 0.1) is 0 Å². The number of rotatable bonds is 5. The highest BCUT2D eigenvalue weighted by molar-refractivity contribution is 9.10. The zero-order valence-corrected chi connectivity index (χ0v) is 18.7. The second-order valence-electron chi connectivity index (χ2n) is 7.01. The largest absolute Gasteiger partial charge is 0.352 e. The minimum atomic E-state index is -0.405. The predicted molar refractivity (Wildman–Crippen MR) is 122 cm³/mol. The molecule has 0 spiro atoms. The van der Waals surface area contributed by atoms with Crippen LogP contribution in [0.5, 0.6) is 0 Å². The number of aromatic nitrogens is 4. The Balaban J connectivity index is 1.73. The third-order valence-corrected chi connectivity index (χ3v) is 5.76. The van der Waals surface area contributed by atoms with Crippen molar-refractivity contribution in [1.82, 2.24) is 18.7 Å². The first kappa shape index (κ1) is 20.4. The summed E-state index contributed by atoms with van der Waals surface area (Å²) in [5.74, 6) is 0.508. The Morgan fingerprint density at radius 2 is 1.60 bits per heavy atom. The SMILES string of the molecule is Cn1c(NCc2ccc(Cl)cc2)nc2c1c(=O)n(Cc1ccc(Br)cc1)c(=O)n2C. The van der Waals surface area contributed by atoms with E-state index in [1.165, 1.54) is 9.13 Å². The van der Waals surface area contributed by atoms with Crippen LogP contribution in [0.2, 0.25) is 5.02 Å². The number of aryl methyl sites for hydroxylation is 2. The molecule has 7 nitrogen and oxygen atoms in total. The van der Waals surface area contributed by atoms with Crippen molar-refractivity contribution in [3.05, 3.63) is 90.0 Å². The standard InChI is InChI=1S/C21H19BrClN5O2/c1-26-17-18(25-20(26)24-11-13-5-9-16(23)10-6-13)27(2)21(30)28(19(17)29)12-14-3-7-15(22)8-4-14/h3-10H,11-12H2,1-2H3,(H,24,25). The monoisotopic (exact) mass is 487 g/mol. The van der Waals surface area contributed by atoms with E-state index in [-0.39, 0.29) is 12.1 Å². The first-order valence-corrected chi connectivity index (χ1v) is 10.4. The molecule has 2 aromatic heterocycles. The molecule has 0 aliphatic rings. The fraction of sp³-hybridized carbons (Fsp3) is 0.190. The van der Waals surface area contributed by atoms with Crippen LogP contribution in [0.25, 0.3) is 11.2 Å². The number of fused-ring (bicyclic) bond motifs is 1. The summed E-state index contributed by atoms with van der Waals surface area (Å²) in [6.07, 6.45) is 0. The van der Waals surface area contributed by atoms with Crippen LogP contribution < -0.4 is 16.6 Å². The second-order valence-corrected chi connectivity index (χ2v) is 8.36. The summed E-state index contributed by atoms with van der Waals surface area (Å²) < 4.78 is 5.26. The maximum absolute atomic E-state index is 13.2. The van der Waals surface area contributed by atoms with E-state index in [0.29, 0.717) is 28.7 Å². The van der Waals surface area contributed by atoms with Crippen LogP contribution in [0.15, 0.2) is 62.6 Å². The molecule has 0 saturated heterocycles. The number of anilines is 1.